The topological polar surface area (TPSA) is 72.2 Å². The molecular formula is C14H17FN2O2S2. The molecule has 0 aliphatic carbocycles. The Kier molecular flexibility index (Phi) is 4.77. The van der Waals surface area contributed by atoms with E-state index < -0.39 is 16.1 Å². The number of sulfonamides is 1. The van der Waals surface area contributed by atoms with Crippen molar-refractivity contribution in [2.45, 2.75) is 31.3 Å². The molecule has 114 valence electrons. The molecule has 2 aromatic rings. The minimum absolute atomic E-state index is 0.168. The first-order valence-electron chi connectivity index (χ1n) is 6.40. The Morgan fingerprint density at radius 2 is 2.10 bits per heavy atom. The summed E-state index contributed by atoms with van der Waals surface area (Å²) in [4.78, 5) is 0.791. The maximum atomic E-state index is 13.6. The second-order valence-corrected chi connectivity index (χ2v) is 7.45. The summed E-state index contributed by atoms with van der Waals surface area (Å²) < 4.78 is 40.8. The van der Waals surface area contributed by atoms with Crippen molar-refractivity contribution in [1.82, 2.24) is 4.72 Å². The second-order valence-electron chi connectivity index (χ2n) is 4.76. The zero-order valence-electron chi connectivity index (χ0n) is 11.8. The fourth-order valence-corrected chi connectivity index (χ4v) is 4.53. The molecule has 0 saturated carbocycles. The van der Waals surface area contributed by atoms with Crippen molar-refractivity contribution < 1.29 is 12.8 Å². The van der Waals surface area contributed by atoms with Crippen LogP contribution in [0.3, 0.4) is 0 Å². The lowest BCUT2D eigenvalue weighted by atomic mass is 10.1. The zero-order valence-corrected chi connectivity index (χ0v) is 13.4. The number of thiophene rings is 1. The first-order chi connectivity index (χ1) is 9.85. The summed E-state index contributed by atoms with van der Waals surface area (Å²) in [6.45, 7) is 3.50. The molecule has 1 heterocycles. The van der Waals surface area contributed by atoms with Gasteiger partial charge in [-0.1, -0.05) is 12.1 Å². The molecule has 0 amide bonds. The normalized spacial score (nSPS) is 13.3. The average molecular weight is 328 g/mol. The van der Waals surface area contributed by atoms with Crippen molar-refractivity contribution in [2.24, 2.45) is 5.73 Å². The van der Waals surface area contributed by atoms with Crippen LogP contribution in [-0.2, 0) is 16.6 Å². The predicted molar refractivity (Wildman–Crippen MR) is 82.1 cm³/mol. The Morgan fingerprint density at radius 3 is 2.71 bits per heavy atom. The van der Waals surface area contributed by atoms with E-state index in [1.165, 1.54) is 23.5 Å². The van der Waals surface area contributed by atoms with E-state index in [4.69, 9.17) is 5.73 Å². The summed E-state index contributed by atoms with van der Waals surface area (Å²) in [5.41, 5.74) is 6.64. The summed E-state index contributed by atoms with van der Waals surface area (Å²) in [5.74, 6) is -0.350. The van der Waals surface area contributed by atoms with Gasteiger partial charge in [0.1, 0.15) is 5.82 Å². The Bertz CT molecular complexity index is 741. The zero-order chi connectivity index (χ0) is 15.6. The van der Waals surface area contributed by atoms with Gasteiger partial charge in [0.2, 0.25) is 10.0 Å². The van der Waals surface area contributed by atoms with Crippen LogP contribution >= 0.6 is 11.3 Å². The number of hydrogen-bond donors (Lipinski definition) is 2. The first kappa shape index (κ1) is 16.1. The van der Waals surface area contributed by atoms with Crippen LogP contribution in [0.1, 0.15) is 29.0 Å². The summed E-state index contributed by atoms with van der Waals surface area (Å²) in [6.07, 6.45) is 0. The van der Waals surface area contributed by atoms with E-state index in [0.717, 1.165) is 0 Å². The molecule has 7 heteroatoms. The molecule has 0 fully saturated rings. The Labute approximate surface area is 127 Å². The smallest absolute Gasteiger partial charge is 0.242 e. The highest BCUT2D eigenvalue weighted by molar-refractivity contribution is 7.89. The Morgan fingerprint density at radius 1 is 1.38 bits per heavy atom. The predicted octanol–water partition coefficient (Wildman–Crippen LogP) is 2.69. The molecule has 0 bridgehead atoms. The van der Waals surface area contributed by atoms with Crippen LogP contribution in [0.5, 0.6) is 0 Å². The fourth-order valence-electron chi connectivity index (χ4n) is 1.96. The number of nitrogens with two attached hydrogens (primary N) is 1. The van der Waals surface area contributed by atoms with E-state index in [2.05, 4.69) is 4.72 Å². The van der Waals surface area contributed by atoms with Crippen LogP contribution in [0.2, 0.25) is 0 Å². The third-order valence-electron chi connectivity index (χ3n) is 3.21. The molecule has 21 heavy (non-hydrogen) atoms. The molecule has 0 aliphatic rings. The highest BCUT2D eigenvalue weighted by atomic mass is 32.2. The lowest BCUT2D eigenvalue weighted by molar-refractivity contribution is 0.563. The number of benzene rings is 1. The third kappa shape index (κ3) is 3.49. The minimum atomic E-state index is -3.67. The van der Waals surface area contributed by atoms with Crippen molar-refractivity contribution in [3.63, 3.8) is 0 Å². The summed E-state index contributed by atoms with van der Waals surface area (Å²) in [5, 5.41) is 1.69. The SMILES string of the molecule is Cc1ccc(C(C)NS(=O)(=O)c2ccsc2CN)cc1F. The Hall–Kier alpha value is -1.28. The second kappa shape index (κ2) is 6.23. The molecule has 1 atom stereocenters. The number of nitrogens with one attached hydrogen (secondary N) is 1. The van der Waals surface area contributed by atoms with Gasteiger partial charge < -0.3 is 5.73 Å². The summed E-state index contributed by atoms with van der Waals surface area (Å²) in [7, 11) is -3.67. The van der Waals surface area contributed by atoms with Gasteiger partial charge in [0.15, 0.2) is 0 Å². The van der Waals surface area contributed by atoms with Gasteiger partial charge >= 0.3 is 0 Å². The van der Waals surface area contributed by atoms with Crippen molar-refractivity contribution in [3.05, 3.63) is 51.5 Å². The van der Waals surface area contributed by atoms with Crippen LogP contribution in [0, 0.1) is 12.7 Å². The number of rotatable bonds is 5. The van der Waals surface area contributed by atoms with Gasteiger partial charge in [-0.3, -0.25) is 0 Å². The summed E-state index contributed by atoms with van der Waals surface area (Å²) >= 11 is 1.30. The molecule has 1 aromatic heterocycles. The summed E-state index contributed by atoms with van der Waals surface area (Å²) in [6, 6.07) is 5.68. The molecule has 4 nitrogen and oxygen atoms in total. The molecular weight excluding hydrogens is 311 g/mol. The maximum absolute atomic E-state index is 13.6. The molecule has 2 rings (SSSR count). The van der Waals surface area contributed by atoms with Crippen LogP contribution in [0.25, 0.3) is 0 Å². The molecule has 0 spiro atoms. The highest BCUT2D eigenvalue weighted by Gasteiger charge is 2.22. The van der Waals surface area contributed by atoms with E-state index >= 15 is 0 Å². The van der Waals surface area contributed by atoms with Crippen molar-refractivity contribution in [1.29, 1.82) is 0 Å². The fraction of sp³-hybridized carbons (Fsp3) is 0.286. The number of halogens is 1. The van der Waals surface area contributed by atoms with Gasteiger partial charge in [-0.15, -0.1) is 11.3 Å². The van der Waals surface area contributed by atoms with Crippen molar-refractivity contribution in [2.75, 3.05) is 0 Å². The standard InChI is InChI=1S/C14H17FN2O2S2/c1-9-3-4-11(7-12(9)15)10(2)17-21(18,19)14-5-6-20-13(14)8-16/h3-7,10,17H,8,16H2,1-2H3. The van der Waals surface area contributed by atoms with Crippen molar-refractivity contribution >= 4 is 21.4 Å². The lowest BCUT2D eigenvalue weighted by Gasteiger charge is -2.15. The van der Waals surface area contributed by atoms with Crippen LogP contribution < -0.4 is 10.5 Å². The number of hydrogen-bond acceptors (Lipinski definition) is 4. The van der Waals surface area contributed by atoms with Gasteiger partial charge in [0, 0.05) is 17.5 Å². The molecule has 0 aliphatic heterocycles. The average Bonchev–Trinajstić information content (AvgIpc) is 2.90. The van der Waals surface area contributed by atoms with Crippen LogP contribution in [-0.4, -0.2) is 8.42 Å². The molecule has 0 saturated heterocycles. The van der Waals surface area contributed by atoms with Gasteiger partial charge in [-0.2, -0.15) is 0 Å². The van der Waals surface area contributed by atoms with Crippen LogP contribution in [0.4, 0.5) is 4.39 Å². The van der Waals surface area contributed by atoms with E-state index in [1.54, 1.807) is 31.4 Å². The molecule has 0 radical (unpaired) electrons. The number of aryl methyl sites for hydroxylation is 1. The first-order valence-corrected chi connectivity index (χ1v) is 8.76. The molecule has 1 aromatic carbocycles. The van der Waals surface area contributed by atoms with E-state index in [1.807, 2.05) is 0 Å². The molecule has 3 N–H and O–H groups in total. The van der Waals surface area contributed by atoms with Crippen LogP contribution in [0.15, 0.2) is 34.5 Å². The van der Waals surface area contributed by atoms with Gasteiger partial charge in [-0.25, -0.2) is 17.5 Å². The van der Waals surface area contributed by atoms with E-state index in [0.29, 0.717) is 16.0 Å². The molecule has 1 unspecified atom stereocenters. The van der Waals surface area contributed by atoms with E-state index in [-0.39, 0.29) is 17.3 Å². The quantitative estimate of drug-likeness (QED) is 0.886. The monoisotopic (exact) mass is 328 g/mol. The minimum Gasteiger partial charge on any atom is -0.326 e. The van der Waals surface area contributed by atoms with Gasteiger partial charge in [0.05, 0.1) is 4.90 Å². The Balaban J connectivity index is 2.25. The maximum Gasteiger partial charge on any atom is 0.242 e. The van der Waals surface area contributed by atoms with E-state index in [9.17, 15) is 12.8 Å². The third-order valence-corrected chi connectivity index (χ3v) is 5.91. The van der Waals surface area contributed by atoms with Gasteiger partial charge in [-0.05, 0) is 42.5 Å². The largest absolute Gasteiger partial charge is 0.326 e. The highest BCUT2D eigenvalue weighted by Crippen LogP contribution is 2.24. The van der Waals surface area contributed by atoms with Gasteiger partial charge in [0.25, 0.3) is 0 Å². The van der Waals surface area contributed by atoms with Crippen molar-refractivity contribution in [3.8, 4) is 0 Å². The lowest BCUT2D eigenvalue weighted by Crippen LogP contribution is -2.27.